The molecule has 4 rings (SSSR count). The number of nitrogens with zero attached hydrogens (tertiary/aromatic N) is 3. The number of rotatable bonds is 2. The molecule has 4 nitrogen and oxygen atoms in total. The molecule has 0 spiro atoms. The Morgan fingerprint density at radius 3 is 2.84 bits per heavy atom. The second kappa shape index (κ2) is 4.37. The molecule has 1 aromatic heterocycles. The molecule has 2 aliphatic rings. The van der Waals surface area contributed by atoms with Crippen LogP contribution in [-0.4, -0.2) is 14.8 Å². The van der Waals surface area contributed by atoms with Gasteiger partial charge in [0.1, 0.15) is 6.33 Å². The first-order valence-corrected chi connectivity index (χ1v) is 7.15. The van der Waals surface area contributed by atoms with Crippen LogP contribution in [0.15, 0.2) is 30.6 Å². The summed E-state index contributed by atoms with van der Waals surface area (Å²) in [5, 5.41) is 12.1. The first kappa shape index (κ1) is 11.0. The fourth-order valence-electron chi connectivity index (χ4n) is 3.42. The second-order valence-corrected chi connectivity index (χ2v) is 5.59. The highest BCUT2D eigenvalue weighted by Gasteiger charge is 2.28. The Bertz CT molecular complexity index is 558. The van der Waals surface area contributed by atoms with Crippen LogP contribution in [0, 0.1) is 0 Å². The fourth-order valence-corrected chi connectivity index (χ4v) is 3.42. The van der Waals surface area contributed by atoms with E-state index in [0.717, 1.165) is 12.2 Å². The van der Waals surface area contributed by atoms with Crippen LogP contribution in [0.1, 0.15) is 49.2 Å². The number of benzene rings is 1. The number of hydrogen-bond acceptors (Lipinski definition) is 3. The average Bonchev–Trinajstić information content (AvgIpc) is 3.17. The number of para-hydroxylation sites is 1. The summed E-state index contributed by atoms with van der Waals surface area (Å²) in [6.07, 6.45) is 8.13. The van der Waals surface area contributed by atoms with E-state index in [1.807, 2.05) is 6.33 Å². The van der Waals surface area contributed by atoms with Gasteiger partial charge >= 0.3 is 0 Å². The SMILES string of the molecule is c1ccc2c(c1)CC(c1nncn1C1CCCC1)N2. The van der Waals surface area contributed by atoms with E-state index in [9.17, 15) is 0 Å². The molecule has 1 aliphatic carbocycles. The minimum absolute atomic E-state index is 0.278. The summed E-state index contributed by atoms with van der Waals surface area (Å²) >= 11 is 0. The van der Waals surface area contributed by atoms with Crippen LogP contribution in [-0.2, 0) is 6.42 Å². The van der Waals surface area contributed by atoms with Crippen molar-refractivity contribution in [2.75, 3.05) is 5.32 Å². The molecule has 4 heteroatoms. The lowest BCUT2D eigenvalue weighted by molar-refractivity contribution is 0.484. The monoisotopic (exact) mass is 254 g/mol. The normalized spacial score (nSPS) is 22.4. The van der Waals surface area contributed by atoms with Crippen molar-refractivity contribution in [1.82, 2.24) is 14.8 Å². The van der Waals surface area contributed by atoms with E-state index in [0.29, 0.717) is 6.04 Å². The van der Waals surface area contributed by atoms with E-state index in [2.05, 4.69) is 44.3 Å². The average molecular weight is 254 g/mol. The van der Waals surface area contributed by atoms with Gasteiger partial charge in [0.2, 0.25) is 0 Å². The Morgan fingerprint density at radius 1 is 1.16 bits per heavy atom. The largest absolute Gasteiger partial charge is 0.375 e. The van der Waals surface area contributed by atoms with Crippen molar-refractivity contribution in [1.29, 1.82) is 0 Å². The molecule has 1 N–H and O–H groups in total. The molecule has 19 heavy (non-hydrogen) atoms. The van der Waals surface area contributed by atoms with Crippen molar-refractivity contribution < 1.29 is 0 Å². The van der Waals surface area contributed by atoms with Gasteiger partial charge in [-0.25, -0.2) is 0 Å². The van der Waals surface area contributed by atoms with E-state index in [1.165, 1.54) is 36.9 Å². The third-order valence-corrected chi connectivity index (χ3v) is 4.40. The topological polar surface area (TPSA) is 42.7 Å². The van der Waals surface area contributed by atoms with E-state index in [4.69, 9.17) is 0 Å². The lowest BCUT2D eigenvalue weighted by atomic mass is 10.1. The van der Waals surface area contributed by atoms with E-state index < -0.39 is 0 Å². The van der Waals surface area contributed by atoms with Crippen LogP contribution < -0.4 is 5.32 Å². The van der Waals surface area contributed by atoms with Gasteiger partial charge in [-0.05, 0) is 24.5 Å². The highest BCUT2D eigenvalue weighted by atomic mass is 15.3. The van der Waals surface area contributed by atoms with Crippen molar-refractivity contribution in [2.24, 2.45) is 0 Å². The van der Waals surface area contributed by atoms with Gasteiger partial charge in [0.05, 0.1) is 6.04 Å². The van der Waals surface area contributed by atoms with E-state index >= 15 is 0 Å². The first-order valence-electron chi connectivity index (χ1n) is 7.15. The van der Waals surface area contributed by atoms with Crippen LogP contribution in [0.2, 0.25) is 0 Å². The zero-order valence-electron chi connectivity index (χ0n) is 10.9. The Morgan fingerprint density at radius 2 is 2.00 bits per heavy atom. The van der Waals surface area contributed by atoms with Crippen molar-refractivity contribution in [3.05, 3.63) is 42.0 Å². The van der Waals surface area contributed by atoms with Gasteiger partial charge in [0, 0.05) is 18.2 Å². The molecule has 1 fully saturated rings. The molecular formula is C15H18N4. The van der Waals surface area contributed by atoms with Gasteiger partial charge < -0.3 is 9.88 Å². The second-order valence-electron chi connectivity index (χ2n) is 5.59. The molecular weight excluding hydrogens is 236 g/mol. The van der Waals surface area contributed by atoms with Crippen molar-refractivity contribution in [2.45, 2.75) is 44.2 Å². The number of nitrogens with one attached hydrogen (secondary N) is 1. The third-order valence-electron chi connectivity index (χ3n) is 4.40. The zero-order valence-corrected chi connectivity index (χ0v) is 10.9. The highest BCUT2D eigenvalue weighted by Crippen LogP contribution is 2.36. The molecule has 2 heterocycles. The van der Waals surface area contributed by atoms with Gasteiger partial charge in [0.25, 0.3) is 0 Å². The number of aromatic nitrogens is 3. The molecule has 1 aliphatic heterocycles. The maximum atomic E-state index is 4.38. The Hall–Kier alpha value is -1.84. The minimum atomic E-state index is 0.278. The molecule has 2 aromatic rings. The van der Waals surface area contributed by atoms with Crippen LogP contribution >= 0.6 is 0 Å². The number of anilines is 1. The Kier molecular flexibility index (Phi) is 2.53. The molecule has 0 bridgehead atoms. The lowest BCUT2D eigenvalue weighted by Crippen LogP contribution is -2.16. The first-order chi connectivity index (χ1) is 9.42. The smallest absolute Gasteiger partial charge is 0.155 e. The lowest BCUT2D eigenvalue weighted by Gasteiger charge is -2.17. The summed E-state index contributed by atoms with van der Waals surface area (Å²) < 4.78 is 2.30. The molecule has 98 valence electrons. The van der Waals surface area contributed by atoms with Crippen molar-refractivity contribution >= 4 is 5.69 Å². The summed E-state index contributed by atoms with van der Waals surface area (Å²) in [5.74, 6) is 1.10. The van der Waals surface area contributed by atoms with Crippen LogP contribution in [0.3, 0.4) is 0 Å². The van der Waals surface area contributed by atoms with Gasteiger partial charge in [-0.1, -0.05) is 31.0 Å². The molecule has 1 aromatic carbocycles. The van der Waals surface area contributed by atoms with Gasteiger partial charge in [-0.15, -0.1) is 10.2 Å². The van der Waals surface area contributed by atoms with Crippen molar-refractivity contribution in [3.63, 3.8) is 0 Å². The van der Waals surface area contributed by atoms with Gasteiger partial charge in [-0.2, -0.15) is 0 Å². The molecule has 0 saturated heterocycles. The number of hydrogen-bond donors (Lipinski definition) is 1. The number of fused-ring (bicyclic) bond motifs is 1. The minimum Gasteiger partial charge on any atom is -0.375 e. The zero-order chi connectivity index (χ0) is 12.7. The van der Waals surface area contributed by atoms with Crippen LogP contribution in [0.5, 0.6) is 0 Å². The van der Waals surface area contributed by atoms with Crippen LogP contribution in [0.25, 0.3) is 0 Å². The summed E-state index contributed by atoms with van der Waals surface area (Å²) in [7, 11) is 0. The fraction of sp³-hybridized carbons (Fsp3) is 0.467. The molecule has 0 radical (unpaired) electrons. The van der Waals surface area contributed by atoms with E-state index in [1.54, 1.807) is 0 Å². The maximum absolute atomic E-state index is 4.38. The van der Waals surface area contributed by atoms with E-state index in [-0.39, 0.29) is 6.04 Å². The molecule has 1 unspecified atom stereocenters. The predicted molar refractivity (Wildman–Crippen MR) is 74.0 cm³/mol. The third kappa shape index (κ3) is 1.82. The summed E-state index contributed by atoms with van der Waals surface area (Å²) in [5.41, 5.74) is 2.63. The summed E-state index contributed by atoms with van der Waals surface area (Å²) in [6, 6.07) is 9.40. The maximum Gasteiger partial charge on any atom is 0.155 e. The van der Waals surface area contributed by atoms with Crippen LogP contribution in [0.4, 0.5) is 5.69 Å². The molecule has 1 atom stereocenters. The van der Waals surface area contributed by atoms with Gasteiger partial charge in [-0.3, -0.25) is 0 Å². The summed E-state index contributed by atoms with van der Waals surface area (Å²) in [4.78, 5) is 0. The highest BCUT2D eigenvalue weighted by molar-refractivity contribution is 5.57. The molecule has 0 amide bonds. The van der Waals surface area contributed by atoms with Gasteiger partial charge in [0.15, 0.2) is 5.82 Å². The molecule has 1 saturated carbocycles. The quantitative estimate of drug-likeness (QED) is 0.895. The standard InChI is InChI=1S/C15H18N4/c1-4-8-13-11(5-1)9-14(17-13)15-18-16-10-19(15)12-6-2-3-7-12/h1,4-5,8,10,12,14,17H,2-3,6-7,9H2. The summed E-state index contributed by atoms with van der Waals surface area (Å²) in [6.45, 7) is 0. The Balaban J connectivity index is 1.63. The predicted octanol–water partition coefficient (Wildman–Crippen LogP) is 3.10. The van der Waals surface area contributed by atoms with Crippen molar-refractivity contribution in [3.8, 4) is 0 Å². The Labute approximate surface area is 112 Å².